The van der Waals surface area contributed by atoms with Crippen LogP contribution in [0.15, 0.2) is 42.2 Å². The van der Waals surface area contributed by atoms with Crippen LogP contribution >= 0.6 is 11.8 Å². The van der Waals surface area contributed by atoms with Crippen molar-refractivity contribution in [2.45, 2.75) is 11.9 Å². The van der Waals surface area contributed by atoms with Crippen LogP contribution in [0, 0.1) is 0 Å². The zero-order valence-electron chi connectivity index (χ0n) is 9.74. The van der Waals surface area contributed by atoms with Gasteiger partial charge in [-0.2, -0.15) is 4.89 Å². The van der Waals surface area contributed by atoms with Gasteiger partial charge in [0.25, 0.3) is 0 Å². The quantitative estimate of drug-likeness (QED) is 0.781. The zero-order chi connectivity index (χ0) is 12.4. The van der Waals surface area contributed by atoms with E-state index in [1.807, 2.05) is 35.2 Å². The van der Waals surface area contributed by atoms with Crippen molar-refractivity contribution in [3.63, 3.8) is 0 Å². The summed E-state index contributed by atoms with van der Waals surface area (Å²) in [7, 11) is 0. The molecule has 1 saturated heterocycles. The zero-order valence-corrected chi connectivity index (χ0v) is 10.6. The number of thioether (sulfide) groups is 1. The Morgan fingerprint density at radius 1 is 1.33 bits per heavy atom. The van der Waals surface area contributed by atoms with E-state index in [-0.39, 0.29) is 11.3 Å². The molecule has 1 unspecified atom stereocenters. The Kier molecular flexibility index (Phi) is 3.25. The van der Waals surface area contributed by atoms with Crippen LogP contribution in [0.1, 0.15) is 5.56 Å². The number of carbonyl (C=O) groups excluding carboxylic acids is 1. The third-order valence-electron chi connectivity index (χ3n) is 2.97. The van der Waals surface area contributed by atoms with Gasteiger partial charge in [-0.15, -0.1) is 11.8 Å². The van der Waals surface area contributed by atoms with Crippen LogP contribution in [0.25, 0.3) is 0 Å². The van der Waals surface area contributed by atoms with Gasteiger partial charge in [-0.05, 0) is 5.56 Å². The van der Waals surface area contributed by atoms with Crippen molar-refractivity contribution in [1.29, 1.82) is 0 Å². The number of benzene rings is 1. The first-order valence-corrected chi connectivity index (χ1v) is 6.82. The normalized spacial score (nSPS) is 23.1. The molecule has 0 aromatic heterocycles. The smallest absolute Gasteiger partial charge is 0.234 e. The van der Waals surface area contributed by atoms with E-state index in [1.54, 1.807) is 18.0 Å². The molecule has 18 heavy (non-hydrogen) atoms. The maximum Gasteiger partial charge on any atom is 0.234 e. The third-order valence-corrected chi connectivity index (χ3v) is 4.26. The number of rotatable bonds is 3. The van der Waals surface area contributed by atoms with Gasteiger partial charge in [-0.1, -0.05) is 30.3 Å². The molecule has 0 spiro atoms. The second-order valence-corrected chi connectivity index (χ2v) is 5.29. The first kappa shape index (κ1) is 11.6. The molecule has 3 rings (SSSR count). The Labute approximate surface area is 109 Å². The fraction of sp³-hybridized carbons (Fsp3) is 0.308. The van der Waals surface area contributed by atoms with E-state index in [2.05, 4.69) is 0 Å². The van der Waals surface area contributed by atoms with Crippen LogP contribution in [0.3, 0.4) is 0 Å². The minimum atomic E-state index is 0.0419. The lowest BCUT2D eigenvalue weighted by Gasteiger charge is -2.23. The highest BCUT2D eigenvalue weighted by Crippen LogP contribution is 2.33. The number of nitrogens with zero attached hydrogens (tertiary/aromatic N) is 1. The van der Waals surface area contributed by atoms with Gasteiger partial charge in [0, 0.05) is 12.1 Å². The third kappa shape index (κ3) is 2.23. The van der Waals surface area contributed by atoms with Crippen LogP contribution in [-0.4, -0.2) is 28.5 Å². The lowest BCUT2D eigenvalue weighted by molar-refractivity contribution is -0.222. The standard InChI is InChI=1S/C13H13NO3S/c15-12-9-18-13(11-7-16-17-8-11)14(12)6-10-4-2-1-3-5-10/h1-5,7,13H,6,8-9H2. The SMILES string of the molecule is O=C1CSC(C2=COOC2)N1Cc1ccccc1. The number of carbonyl (C=O) groups is 1. The Balaban J connectivity index is 1.77. The Hall–Kier alpha value is -1.46. The van der Waals surface area contributed by atoms with Crippen molar-refractivity contribution in [2.24, 2.45) is 0 Å². The minimum Gasteiger partial charge on any atom is -0.345 e. The van der Waals surface area contributed by atoms with E-state index in [4.69, 9.17) is 9.78 Å². The lowest BCUT2D eigenvalue weighted by atomic mass is 10.2. The van der Waals surface area contributed by atoms with Gasteiger partial charge in [0.15, 0.2) is 0 Å². The summed E-state index contributed by atoms with van der Waals surface area (Å²) in [6.07, 6.45) is 1.61. The van der Waals surface area contributed by atoms with Gasteiger partial charge in [0.1, 0.15) is 18.2 Å². The van der Waals surface area contributed by atoms with Gasteiger partial charge in [0.05, 0.1) is 5.75 Å². The van der Waals surface area contributed by atoms with Crippen LogP contribution in [0.2, 0.25) is 0 Å². The molecule has 0 N–H and O–H groups in total. The van der Waals surface area contributed by atoms with Crippen LogP contribution in [0.5, 0.6) is 0 Å². The molecule has 2 heterocycles. The summed E-state index contributed by atoms with van der Waals surface area (Å²) in [5.74, 6) is 0.691. The summed E-state index contributed by atoms with van der Waals surface area (Å²) in [5.41, 5.74) is 2.15. The molecule has 94 valence electrons. The van der Waals surface area contributed by atoms with Crippen LogP contribution in [-0.2, 0) is 21.1 Å². The summed E-state index contributed by atoms with van der Waals surface area (Å²) in [6, 6.07) is 10.0. The van der Waals surface area contributed by atoms with Crippen molar-refractivity contribution in [2.75, 3.05) is 12.4 Å². The predicted octanol–water partition coefficient (Wildman–Crippen LogP) is 1.93. The average molecular weight is 263 g/mol. The molecule has 1 fully saturated rings. The van der Waals surface area contributed by atoms with Crippen LogP contribution < -0.4 is 0 Å². The maximum absolute atomic E-state index is 11.9. The van der Waals surface area contributed by atoms with Gasteiger partial charge in [-0.25, -0.2) is 0 Å². The first-order chi connectivity index (χ1) is 8.84. The summed E-state index contributed by atoms with van der Waals surface area (Å²) < 4.78 is 0. The van der Waals surface area contributed by atoms with Crippen molar-refractivity contribution in [3.8, 4) is 0 Å². The molecule has 1 atom stereocenters. The topological polar surface area (TPSA) is 38.8 Å². The van der Waals surface area contributed by atoms with Crippen molar-refractivity contribution >= 4 is 17.7 Å². The van der Waals surface area contributed by atoms with Gasteiger partial charge in [-0.3, -0.25) is 4.79 Å². The molecular weight excluding hydrogens is 250 g/mol. The predicted molar refractivity (Wildman–Crippen MR) is 68.4 cm³/mol. The Morgan fingerprint density at radius 3 is 2.89 bits per heavy atom. The largest absolute Gasteiger partial charge is 0.345 e. The van der Waals surface area contributed by atoms with E-state index in [0.717, 1.165) is 11.1 Å². The summed E-state index contributed by atoms with van der Waals surface area (Å²) in [5, 5.41) is 0.0419. The summed E-state index contributed by atoms with van der Waals surface area (Å²) in [6.45, 7) is 1.07. The van der Waals surface area contributed by atoms with Crippen molar-refractivity contribution in [3.05, 3.63) is 47.7 Å². The Morgan fingerprint density at radius 2 is 2.17 bits per heavy atom. The molecular formula is C13H13NO3S. The molecule has 2 aliphatic rings. The highest BCUT2D eigenvalue weighted by Gasteiger charge is 2.35. The number of hydrogen-bond donors (Lipinski definition) is 0. The number of amides is 1. The molecule has 4 nitrogen and oxygen atoms in total. The van der Waals surface area contributed by atoms with E-state index in [0.29, 0.717) is 18.9 Å². The molecule has 1 aromatic carbocycles. The summed E-state index contributed by atoms with van der Waals surface area (Å²) in [4.78, 5) is 23.5. The maximum atomic E-state index is 11.9. The molecule has 0 aliphatic carbocycles. The van der Waals surface area contributed by atoms with Gasteiger partial charge >= 0.3 is 0 Å². The molecule has 5 heteroatoms. The van der Waals surface area contributed by atoms with Gasteiger partial charge < -0.3 is 9.79 Å². The first-order valence-electron chi connectivity index (χ1n) is 5.77. The highest BCUT2D eigenvalue weighted by atomic mass is 32.2. The van der Waals surface area contributed by atoms with E-state index < -0.39 is 0 Å². The second-order valence-electron chi connectivity index (χ2n) is 4.22. The minimum absolute atomic E-state index is 0.0419. The van der Waals surface area contributed by atoms with E-state index >= 15 is 0 Å². The fourth-order valence-corrected chi connectivity index (χ4v) is 3.25. The number of hydrogen-bond acceptors (Lipinski definition) is 4. The summed E-state index contributed by atoms with van der Waals surface area (Å²) >= 11 is 1.62. The molecule has 1 amide bonds. The average Bonchev–Trinajstić information content (AvgIpc) is 3.02. The fourth-order valence-electron chi connectivity index (χ4n) is 2.07. The van der Waals surface area contributed by atoms with Crippen molar-refractivity contribution < 1.29 is 14.6 Å². The Bertz CT molecular complexity index is 474. The molecule has 0 bridgehead atoms. The van der Waals surface area contributed by atoms with Gasteiger partial charge in [0.2, 0.25) is 5.91 Å². The second kappa shape index (κ2) is 5.04. The van der Waals surface area contributed by atoms with E-state index in [1.165, 1.54) is 0 Å². The molecule has 0 radical (unpaired) electrons. The van der Waals surface area contributed by atoms with Crippen molar-refractivity contribution in [1.82, 2.24) is 4.90 Å². The highest BCUT2D eigenvalue weighted by molar-refractivity contribution is 8.01. The lowest BCUT2D eigenvalue weighted by Crippen LogP contribution is -2.33. The molecule has 2 aliphatic heterocycles. The van der Waals surface area contributed by atoms with Crippen LogP contribution in [0.4, 0.5) is 0 Å². The van der Waals surface area contributed by atoms with E-state index in [9.17, 15) is 4.79 Å². The molecule has 0 saturated carbocycles. The monoisotopic (exact) mass is 263 g/mol. The molecule has 1 aromatic rings.